The Morgan fingerprint density at radius 1 is 1.33 bits per heavy atom. The highest BCUT2D eigenvalue weighted by molar-refractivity contribution is 5.99. The number of nitrogens with zero attached hydrogens (tertiary/aromatic N) is 1. The molecule has 0 atom stereocenters. The highest BCUT2D eigenvalue weighted by atomic mass is 16.2. The molecule has 98 valence electrons. The van der Waals surface area contributed by atoms with Crippen molar-refractivity contribution < 1.29 is 4.79 Å². The molecule has 3 heteroatoms. The molecule has 1 rings (SSSR count). The van der Waals surface area contributed by atoms with Crippen molar-refractivity contribution in [1.29, 1.82) is 0 Å². The number of carbonyl (C=O) groups excluding carboxylic acids is 1. The Morgan fingerprint density at radius 2 is 2.11 bits per heavy atom. The molecule has 0 fully saturated rings. The van der Waals surface area contributed by atoms with E-state index in [1.54, 1.807) is 0 Å². The van der Waals surface area contributed by atoms with Crippen molar-refractivity contribution in [1.82, 2.24) is 5.43 Å². The van der Waals surface area contributed by atoms with E-state index in [4.69, 9.17) is 0 Å². The van der Waals surface area contributed by atoms with Gasteiger partial charge in [-0.3, -0.25) is 4.79 Å². The maximum Gasteiger partial charge on any atom is 0.240 e. The summed E-state index contributed by atoms with van der Waals surface area (Å²) >= 11 is 0. The molecule has 0 unspecified atom stereocenters. The summed E-state index contributed by atoms with van der Waals surface area (Å²) in [5, 5.41) is 4.13. The summed E-state index contributed by atoms with van der Waals surface area (Å²) in [6.07, 6.45) is 3.70. The fourth-order valence-corrected chi connectivity index (χ4v) is 1.67. The van der Waals surface area contributed by atoms with E-state index in [1.165, 1.54) is 5.56 Å². The number of hydrogen-bond donors (Lipinski definition) is 1. The number of carbonyl (C=O) groups is 1. The largest absolute Gasteiger partial charge is 0.273 e. The van der Waals surface area contributed by atoms with E-state index < -0.39 is 0 Å². The van der Waals surface area contributed by atoms with E-state index in [0.717, 1.165) is 30.5 Å². The van der Waals surface area contributed by atoms with E-state index >= 15 is 0 Å². The number of aryl methyl sites for hydroxylation is 1. The number of nitrogens with one attached hydrogen (secondary N) is 1. The second-order valence-corrected chi connectivity index (χ2v) is 4.56. The Bertz CT molecular complexity index is 424. The number of benzene rings is 1. The average molecular weight is 246 g/mol. The minimum absolute atomic E-state index is 0.00421. The smallest absolute Gasteiger partial charge is 0.240 e. The highest BCUT2D eigenvalue weighted by Crippen LogP contribution is 2.05. The Morgan fingerprint density at radius 3 is 2.78 bits per heavy atom. The summed E-state index contributed by atoms with van der Waals surface area (Å²) in [4.78, 5) is 11.5. The summed E-state index contributed by atoms with van der Waals surface area (Å²) in [5.74, 6) is -0.00421. The van der Waals surface area contributed by atoms with Gasteiger partial charge in [0.05, 0.1) is 5.71 Å². The van der Waals surface area contributed by atoms with Crippen LogP contribution in [0.2, 0.25) is 0 Å². The van der Waals surface area contributed by atoms with E-state index in [9.17, 15) is 4.79 Å². The summed E-state index contributed by atoms with van der Waals surface area (Å²) in [5.41, 5.74) is 5.68. The molecule has 0 aliphatic heterocycles. The van der Waals surface area contributed by atoms with Crippen LogP contribution in [0.3, 0.4) is 0 Å². The zero-order chi connectivity index (χ0) is 13.4. The summed E-state index contributed by atoms with van der Waals surface area (Å²) < 4.78 is 0. The Kier molecular flexibility index (Phi) is 6.12. The molecule has 0 bridgehead atoms. The maximum absolute atomic E-state index is 11.5. The molecule has 0 radical (unpaired) electrons. The maximum atomic E-state index is 11.5. The first-order chi connectivity index (χ1) is 8.63. The van der Waals surface area contributed by atoms with Gasteiger partial charge in [0.1, 0.15) is 0 Å². The molecule has 1 aromatic carbocycles. The van der Waals surface area contributed by atoms with Crippen LogP contribution in [0.25, 0.3) is 0 Å². The average Bonchev–Trinajstić information content (AvgIpc) is 2.36. The van der Waals surface area contributed by atoms with E-state index in [-0.39, 0.29) is 5.91 Å². The molecular weight excluding hydrogens is 224 g/mol. The number of hydrogen-bond acceptors (Lipinski definition) is 2. The van der Waals surface area contributed by atoms with Crippen molar-refractivity contribution >= 4 is 11.6 Å². The minimum Gasteiger partial charge on any atom is -0.273 e. The van der Waals surface area contributed by atoms with Crippen LogP contribution in [0.5, 0.6) is 0 Å². The van der Waals surface area contributed by atoms with Gasteiger partial charge in [-0.05, 0) is 25.8 Å². The van der Waals surface area contributed by atoms with Gasteiger partial charge in [0.15, 0.2) is 0 Å². The third-order valence-electron chi connectivity index (χ3n) is 2.79. The molecule has 0 heterocycles. The van der Waals surface area contributed by atoms with Crippen LogP contribution >= 0.6 is 0 Å². The normalized spacial score (nSPS) is 11.4. The highest BCUT2D eigenvalue weighted by Gasteiger charge is 2.01. The van der Waals surface area contributed by atoms with Crippen molar-refractivity contribution in [2.45, 2.75) is 46.5 Å². The van der Waals surface area contributed by atoms with Crippen LogP contribution in [0, 0.1) is 6.92 Å². The molecule has 0 spiro atoms. The lowest BCUT2D eigenvalue weighted by Crippen LogP contribution is -2.18. The molecule has 0 aliphatic rings. The van der Waals surface area contributed by atoms with Gasteiger partial charge in [0, 0.05) is 6.42 Å². The Labute approximate surface area is 109 Å². The van der Waals surface area contributed by atoms with E-state index in [0.29, 0.717) is 6.42 Å². The van der Waals surface area contributed by atoms with E-state index in [1.807, 2.05) is 32.0 Å². The summed E-state index contributed by atoms with van der Waals surface area (Å²) in [6.45, 7) is 6.07. The third kappa shape index (κ3) is 5.13. The molecule has 0 saturated heterocycles. The van der Waals surface area contributed by atoms with Gasteiger partial charge in [0.25, 0.3) is 0 Å². The lowest BCUT2D eigenvalue weighted by Gasteiger charge is -2.03. The summed E-state index contributed by atoms with van der Waals surface area (Å²) in [6, 6.07) is 8.09. The van der Waals surface area contributed by atoms with E-state index in [2.05, 4.69) is 23.5 Å². The fourth-order valence-electron chi connectivity index (χ4n) is 1.67. The minimum atomic E-state index is -0.00421. The van der Waals surface area contributed by atoms with Crippen molar-refractivity contribution in [3.8, 4) is 0 Å². The lowest BCUT2D eigenvalue weighted by molar-refractivity contribution is -0.121. The first-order valence-electron chi connectivity index (χ1n) is 6.53. The topological polar surface area (TPSA) is 41.5 Å². The van der Waals surface area contributed by atoms with Crippen molar-refractivity contribution in [3.05, 3.63) is 35.4 Å². The standard InChI is InChI=1S/C15H22N2O/c1-4-5-6-10-15(18)17-16-13(3)14-9-7-8-12(2)11-14/h7-9,11H,4-6,10H2,1-3H3,(H,17,18). The predicted octanol–water partition coefficient (Wildman–Crippen LogP) is 3.42. The molecule has 18 heavy (non-hydrogen) atoms. The van der Waals surface area contributed by atoms with Gasteiger partial charge in [-0.25, -0.2) is 5.43 Å². The molecule has 0 aromatic heterocycles. The monoisotopic (exact) mass is 246 g/mol. The van der Waals surface area contributed by atoms with Crippen LogP contribution in [-0.2, 0) is 4.79 Å². The fraction of sp³-hybridized carbons (Fsp3) is 0.467. The van der Waals surface area contributed by atoms with Gasteiger partial charge in [-0.15, -0.1) is 0 Å². The van der Waals surface area contributed by atoms with Gasteiger partial charge >= 0.3 is 0 Å². The number of rotatable bonds is 6. The van der Waals surface area contributed by atoms with Crippen molar-refractivity contribution in [3.63, 3.8) is 0 Å². The molecule has 1 N–H and O–H groups in total. The van der Waals surface area contributed by atoms with Gasteiger partial charge in [0.2, 0.25) is 5.91 Å². The van der Waals surface area contributed by atoms with Gasteiger partial charge < -0.3 is 0 Å². The molecule has 0 saturated carbocycles. The Hall–Kier alpha value is -1.64. The number of amides is 1. The van der Waals surface area contributed by atoms with Crippen molar-refractivity contribution in [2.75, 3.05) is 0 Å². The van der Waals surface area contributed by atoms with Gasteiger partial charge in [-0.2, -0.15) is 5.10 Å². The second kappa shape index (κ2) is 7.64. The second-order valence-electron chi connectivity index (χ2n) is 4.56. The quantitative estimate of drug-likeness (QED) is 0.466. The lowest BCUT2D eigenvalue weighted by atomic mass is 10.1. The first-order valence-corrected chi connectivity index (χ1v) is 6.53. The third-order valence-corrected chi connectivity index (χ3v) is 2.79. The molecule has 1 amide bonds. The Balaban J connectivity index is 2.49. The molecular formula is C15H22N2O. The van der Waals surface area contributed by atoms with Crippen molar-refractivity contribution in [2.24, 2.45) is 5.10 Å². The van der Waals surface area contributed by atoms with Crippen LogP contribution in [0.15, 0.2) is 29.4 Å². The zero-order valence-electron chi connectivity index (χ0n) is 11.5. The van der Waals surface area contributed by atoms with Crippen LogP contribution in [0.4, 0.5) is 0 Å². The molecule has 0 aliphatic carbocycles. The SMILES string of the molecule is CCCCCC(=O)NN=C(C)c1cccc(C)c1. The summed E-state index contributed by atoms with van der Waals surface area (Å²) in [7, 11) is 0. The first kappa shape index (κ1) is 14.4. The molecule has 1 aromatic rings. The van der Waals surface area contributed by atoms with Crippen LogP contribution in [0.1, 0.15) is 50.7 Å². The van der Waals surface area contributed by atoms with Crippen LogP contribution in [-0.4, -0.2) is 11.6 Å². The molecule has 3 nitrogen and oxygen atoms in total. The van der Waals surface area contributed by atoms with Gasteiger partial charge in [-0.1, -0.05) is 49.6 Å². The van der Waals surface area contributed by atoms with Crippen LogP contribution < -0.4 is 5.43 Å². The zero-order valence-corrected chi connectivity index (χ0v) is 11.5. The number of unbranched alkanes of at least 4 members (excludes halogenated alkanes) is 2. The number of hydrazone groups is 1. The predicted molar refractivity (Wildman–Crippen MR) is 75.7 cm³/mol.